The lowest BCUT2D eigenvalue weighted by molar-refractivity contribution is 1.37. The molecule has 2 heterocycles. The minimum absolute atomic E-state index is 1.22. The van der Waals surface area contributed by atoms with Gasteiger partial charge in [0.15, 0.2) is 0 Å². The lowest BCUT2D eigenvalue weighted by Crippen LogP contribution is -1.79. The van der Waals surface area contributed by atoms with Crippen LogP contribution in [0.15, 0.2) is 54.2 Å². The van der Waals surface area contributed by atoms with E-state index < -0.39 is 0 Å². The van der Waals surface area contributed by atoms with Gasteiger partial charge in [-0.25, -0.2) is 0 Å². The first-order valence-electron chi connectivity index (χ1n) is 4.82. The maximum Gasteiger partial charge on any atom is 0.0532 e. The molecule has 2 aromatic heterocycles. The topological polar surface area (TPSA) is 12.9 Å². The van der Waals surface area contributed by atoms with E-state index in [9.17, 15) is 0 Å². The normalized spacial score (nSPS) is 10.7. The Bertz CT molecular complexity index is 584. The molecule has 0 amide bonds. The fourth-order valence-corrected chi connectivity index (χ4v) is 2.52. The largest absolute Gasteiger partial charge is 0.263 e. The van der Waals surface area contributed by atoms with Crippen molar-refractivity contribution in [1.82, 2.24) is 4.98 Å². The Hall–Kier alpha value is -1.67. The monoisotopic (exact) mass is 211 g/mol. The van der Waals surface area contributed by atoms with E-state index in [1.54, 1.807) is 11.3 Å². The molecule has 0 aliphatic rings. The highest BCUT2D eigenvalue weighted by Crippen LogP contribution is 2.30. The Balaban J connectivity index is 2.31. The van der Waals surface area contributed by atoms with E-state index in [-0.39, 0.29) is 0 Å². The fourth-order valence-electron chi connectivity index (χ4n) is 1.74. The third-order valence-corrected chi connectivity index (χ3v) is 3.32. The highest BCUT2D eigenvalue weighted by atomic mass is 32.1. The van der Waals surface area contributed by atoms with Crippen molar-refractivity contribution in [1.29, 1.82) is 0 Å². The second kappa shape index (κ2) is 3.48. The van der Waals surface area contributed by atoms with Crippen LogP contribution in [0.5, 0.6) is 0 Å². The highest BCUT2D eigenvalue weighted by Gasteiger charge is 2.03. The Morgan fingerprint density at radius 1 is 0.933 bits per heavy atom. The molecule has 0 spiro atoms. The van der Waals surface area contributed by atoms with Crippen molar-refractivity contribution in [3.05, 3.63) is 54.2 Å². The Morgan fingerprint density at radius 3 is 2.67 bits per heavy atom. The minimum Gasteiger partial charge on any atom is -0.263 e. The van der Waals surface area contributed by atoms with Crippen LogP contribution in [-0.4, -0.2) is 4.98 Å². The van der Waals surface area contributed by atoms with Crippen LogP contribution < -0.4 is 0 Å². The van der Waals surface area contributed by atoms with Gasteiger partial charge in [0, 0.05) is 23.3 Å². The number of hydrogen-bond acceptors (Lipinski definition) is 2. The molecule has 0 unspecified atom stereocenters. The number of thiophene rings is 1. The van der Waals surface area contributed by atoms with Gasteiger partial charge in [0.25, 0.3) is 0 Å². The zero-order valence-corrected chi connectivity index (χ0v) is 8.87. The Morgan fingerprint density at radius 2 is 1.80 bits per heavy atom. The zero-order chi connectivity index (χ0) is 10.1. The van der Waals surface area contributed by atoms with Crippen molar-refractivity contribution in [2.24, 2.45) is 0 Å². The molecule has 0 bridgehead atoms. The maximum atomic E-state index is 4.27. The van der Waals surface area contributed by atoms with Gasteiger partial charge in [0.2, 0.25) is 0 Å². The van der Waals surface area contributed by atoms with Gasteiger partial charge < -0.3 is 0 Å². The zero-order valence-electron chi connectivity index (χ0n) is 8.05. The van der Waals surface area contributed by atoms with E-state index in [1.165, 1.54) is 21.2 Å². The molecule has 0 fully saturated rings. The van der Waals surface area contributed by atoms with Crippen LogP contribution in [0.25, 0.3) is 21.2 Å². The van der Waals surface area contributed by atoms with Gasteiger partial charge >= 0.3 is 0 Å². The van der Waals surface area contributed by atoms with Crippen molar-refractivity contribution in [2.45, 2.75) is 0 Å². The average molecular weight is 211 g/mol. The lowest BCUT2D eigenvalue weighted by Gasteiger charge is -2.01. The third-order valence-electron chi connectivity index (χ3n) is 2.47. The first kappa shape index (κ1) is 8.62. The predicted molar refractivity (Wildman–Crippen MR) is 65.1 cm³/mol. The van der Waals surface area contributed by atoms with Crippen LogP contribution in [0.4, 0.5) is 0 Å². The molecule has 72 valence electrons. The van der Waals surface area contributed by atoms with E-state index in [0.29, 0.717) is 0 Å². The van der Waals surface area contributed by atoms with E-state index >= 15 is 0 Å². The molecule has 1 aromatic carbocycles. The average Bonchev–Trinajstić information content (AvgIpc) is 2.78. The van der Waals surface area contributed by atoms with Gasteiger partial charge in [-0.05, 0) is 17.0 Å². The van der Waals surface area contributed by atoms with Crippen LogP contribution in [0.3, 0.4) is 0 Å². The number of pyridine rings is 1. The predicted octanol–water partition coefficient (Wildman–Crippen LogP) is 3.96. The molecule has 3 rings (SSSR count). The summed E-state index contributed by atoms with van der Waals surface area (Å²) in [5.74, 6) is 0. The molecule has 0 atom stereocenters. The second-order valence-electron chi connectivity index (χ2n) is 3.39. The van der Waals surface area contributed by atoms with Crippen molar-refractivity contribution >= 4 is 21.4 Å². The molecule has 1 nitrogen and oxygen atoms in total. The number of nitrogens with zero attached hydrogens (tertiary/aromatic N) is 1. The molecule has 0 aliphatic heterocycles. The minimum atomic E-state index is 1.22. The molecule has 0 N–H and O–H groups in total. The van der Waals surface area contributed by atoms with Gasteiger partial charge in [-0.15, -0.1) is 11.3 Å². The van der Waals surface area contributed by atoms with Crippen molar-refractivity contribution in [2.75, 3.05) is 0 Å². The van der Waals surface area contributed by atoms with E-state index in [1.807, 2.05) is 18.5 Å². The van der Waals surface area contributed by atoms with Crippen molar-refractivity contribution in [3.8, 4) is 11.1 Å². The van der Waals surface area contributed by atoms with Gasteiger partial charge in [-0.2, -0.15) is 0 Å². The molecule has 3 aromatic rings. The van der Waals surface area contributed by atoms with Crippen LogP contribution in [0, 0.1) is 0 Å². The van der Waals surface area contributed by atoms with Crippen LogP contribution >= 0.6 is 11.3 Å². The van der Waals surface area contributed by atoms with Gasteiger partial charge in [0.1, 0.15) is 0 Å². The number of benzene rings is 1. The molecule has 2 heteroatoms. The molecule has 15 heavy (non-hydrogen) atoms. The molecule has 0 saturated carbocycles. The van der Waals surface area contributed by atoms with Gasteiger partial charge in [-0.3, -0.25) is 4.98 Å². The summed E-state index contributed by atoms with van der Waals surface area (Å²) < 4.78 is 1.25. The standard InChI is InChI=1S/C13H9NS/c1-2-4-10(5-3-1)12-8-14-9-13-11(12)6-7-15-13/h1-9H. The summed E-state index contributed by atoms with van der Waals surface area (Å²) in [5, 5.41) is 3.40. The summed E-state index contributed by atoms with van der Waals surface area (Å²) in [7, 11) is 0. The summed E-state index contributed by atoms with van der Waals surface area (Å²) in [4.78, 5) is 4.27. The third kappa shape index (κ3) is 1.43. The van der Waals surface area contributed by atoms with Crippen LogP contribution in [0.1, 0.15) is 0 Å². The molecular weight excluding hydrogens is 202 g/mol. The van der Waals surface area contributed by atoms with Crippen LogP contribution in [-0.2, 0) is 0 Å². The summed E-state index contributed by atoms with van der Waals surface area (Å²) in [5.41, 5.74) is 2.45. The van der Waals surface area contributed by atoms with Gasteiger partial charge in [0.05, 0.1) is 4.70 Å². The number of hydrogen-bond donors (Lipinski definition) is 0. The molecular formula is C13H9NS. The van der Waals surface area contributed by atoms with Crippen molar-refractivity contribution < 1.29 is 0 Å². The van der Waals surface area contributed by atoms with Crippen LogP contribution in [0.2, 0.25) is 0 Å². The molecule has 0 saturated heterocycles. The van der Waals surface area contributed by atoms with E-state index in [4.69, 9.17) is 0 Å². The van der Waals surface area contributed by atoms with E-state index in [2.05, 4.69) is 40.7 Å². The lowest BCUT2D eigenvalue weighted by atomic mass is 10.1. The number of aromatic nitrogens is 1. The summed E-state index contributed by atoms with van der Waals surface area (Å²) in [6.45, 7) is 0. The Labute approximate surface area is 92.0 Å². The van der Waals surface area contributed by atoms with E-state index in [0.717, 1.165) is 0 Å². The molecule has 0 radical (unpaired) electrons. The first-order chi connectivity index (χ1) is 7.45. The summed E-state index contributed by atoms with van der Waals surface area (Å²) in [6, 6.07) is 12.5. The first-order valence-corrected chi connectivity index (χ1v) is 5.70. The highest BCUT2D eigenvalue weighted by molar-refractivity contribution is 7.17. The smallest absolute Gasteiger partial charge is 0.0532 e. The molecule has 0 aliphatic carbocycles. The number of rotatable bonds is 1. The van der Waals surface area contributed by atoms with Crippen molar-refractivity contribution in [3.63, 3.8) is 0 Å². The summed E-state index contributed by atoms with van der Waals surface area (Å²) in [6.07, 6.45) is 3.86. The SMILES string of the molecule is c1ccc(-c2cncc3sccc23)cc1. The quantitative estimate of drug-likeness (QED) is 0.593. The second-order valence-corrected chi connectivity index (χ2v) is 4.33. The fraction of sp³-hybridized carbons (Fsp3) is 0. The number of fused-ring (bicyclic) bond motifs is 1. The summed E-state index contributed by atoms with van der Waals surface area (Å²) >= 11 is 1.73. The Kier molecular flexibility index (Phi) is 2.00. The maximum absolute atomic E-state index is 4.27. The van der Waals surface area contributed by atoms with Gasteiger partial charge in [-0.1, -0.05) is 30.3 Å².